The van der Waals surface area contributed by atoms with Crippen LogP contribution in [0.4, 0.5) is 10.5 Å². The fourth-order valence-corrected chi connectivity index (χ4v) is 1.96. The molecular formula is C13H16ClN5O2. The Morgan fingerprint density at radius 3 is 2.67 bits per heavy atom. The Kier molecular flexibility index (Phi) is 4.13. The molecule has 7 nitrogen and oxygen atoms in total. The summed E-state index contributed by atoms with van der Waals surface area (Å²) in [5, 5.41) is 16.8. The molecule has 0 radical (unpaired) electrons. The summed E-state index contributed by atoms with van der Waals surface area (Å²) < 4.78 is 5.20. The van der Waals surface area contributed by atoms with Crippen LogP contribution in [0.25, 0.3) is 11.4 Å². The first-order chi connectivity index (χ1) is 9.76. The van der Waals surface area contributed by atoms with E-state index < -0.39 is 11.7 Å². The summed E-state index contributed by atoms with van der Waals surface area (Å²) in [6.45, 7) is 7.23. The van der Waals surface area contributed by atoms with E-state index in [0.29, 0.717) is 16.5 Å². The number of aromatic amines is 1. The van der Waals surface area contributed by atoms with Crippen molar-refractivity contribution in [3.63, 3.8) is 0 Å². The topological polar surface area (TPSA) is 92.8 Å². The highest BCUT2D eigenvalue weighted by Gasteiger charge is 2.18. The summed E-state index contributed by atoms with van der Waals surface area (Å²) in [6, 6.07) is 3.41. The van der Waals surface area contributed by atoms with E-state index in [1.165, 1.54) is 0 Å². The van der Waals surface area contributed by atoms with Gasteiger partial charge < -0.3 is 4.74 Å². The number of ether oxygens (including phenoxy) is 1. The van der Waals surface area contributed by atoms with E-state index in [2.05, 4.69) is 25.9 Å². The van der Waals surface area contributed by atoms with Crippen molar-refractivity contribution in [3.8, 4) is 11.4 Å². The first-order valence-electron chi connectivity index (χ1n) is 6.30. The van der Waals surface area contributed by atoms with Crippen LogP contribution in [-0.2, 0) is 4.74 Å². The van der Waals surface area contributed by atoms with E-state index >= 15 is 0 Å². The van der Waals surface area contributed by atoms with Crippen LogP contribution in [0, 0.1) is 6.92 Å². The molecule has 0 spiro atoms. The number of aromatic nitrogens is 4. The quantitative estimate of drug-likeness (QED) is 0.888. The SMILES string of the molecule is Cc1cc(Cl)c(NC(=O)OC(C)(C)C)cc1-c1nn[nH]n1. The van der Waals surface area contributed by atoms with Crippen molar-refractivity contribution in [2.24, 2.45) is 0 Å². The molecule has 2 N–H and O–H groups in total. The van der Waals surface area contributed by atoms with Gasteiger partial charge in [-0.25, -0.2) is 4.79 Å². The van der Waals surface area contributed by atoms with Gasteiger partial charge in [-0.15, -0.1) is 10.2 Å². The molecule has 2 rings (SSSR count). The highest BCUT2D eigenvalue weighted by Crippen LogP contribution is 2.30. The molecule has 0 saturated carbocycles. The minimum Gasteiger partial charge on any atom is -0.444 e. The predicted octanol–water partition coefficient (Wildman–Crippen LogP) is 3.18. The molecule has 21 heavy (non-hydrogen) atoms. The van der Waals surface area contributed by atoms with Crippen molar-refractivity contribution in [2.75, 3.05) is 5.32 Å². The Labute approximate surface area is 127 Å². The molecule has 0 saturated heterocycles. The summed E-state index contributed by atoms with van der Waals surface area (Å²) in [7, 11) is 0. The lowest BCUT2D eigenvalue weighted by atomic mass is 10.1. The number of aryl methyl sites for hydroxylation is 1. The van der Waals surface area contributed by atoms with Crippen molar-refractivity contribution in [2.45, 2.75) is 33.3 Å². The van der Waals surface area contributed by atoms with Crippen LogP contribution in [0.3, 0.4) is 0 Å². The van der Waals surface area contributed by atoms with Crippen LogP contribution in [-0.4, -0.2) is 32.3 Å². The Morgan fingerprint density at radius 1 is 1.38 bits per heavy atom. The van der Waals surface area contributed by atoms with E-state index in [1.807, 2.05) is 6.92 Å². The third kappa shape index (κ3) is 3.91. The molecule has 0 aliphatic heterocycles. The van der Waals surface area contributed by atoms with Gasteiger partial charge in [0.05, 0.1) is 10.7 Å². The first-order valence-corrected chi connectivity index (χ1v) is 6.68. The van der Waals surface area contributed by atoms with Crippen LogP contribution < -0.4 is 5.32 Å². The number of H-pyrrole nitrogens is 1. The van der Waals surface area contributed by atoms with Gasteiger partial charge in [-0.1, -0.05) is 11.6 Å². The molecule has 2 aromatic rings. The first kappa shape index (κ1) is 15.2. The Hall–Kier alpha value is -2.15. The van der Waals surface area contributed by atoms with Gasteiger partial charge in [0.25, 0.3) is 0 Å². The molecule has 112 valence electrons. The van der Waals surface area contributed by atoms with E-state index in [0.717, 1.165) is 11.1 Å². The van der Waals surface area contributed by atoms with Gasteiger partial charge in [0, 0.05) is 5.56 Å². The van der Waals surface area contributed by atoms with Crippen LogP contribution in [0.15, 0.2) is 12.1 Å². The number of rotatable bonds is 2. The van der Waals surface area contributed by atoms with Crippen molar-refractivity contribution in [1.29, 1.82) is 0 Å². The second kappa shape index (κ2) is 5.69. The minimum atomic E-state index is -0.586. The summed E-state index contributed by atoms with van der Waals surface area (Å²) in [6.07, 6.45) is -0.577. The maximum atomic E-state index is 11.8. The second-order valence-electron chi connectivity index (χ2n) is 5.51. The largest absolute Gasteiger partial charge is 0.444 e. The number of nitrogens with one attached hydrogen (secondary N) is 2. The third-order valence-corrected chi connectivity index (χ3v) is 2.85. The zero-order chi connectivity index (χ0) is 15.6. The van der Waals surface area contributed by atoms with Gasteiger partial charge in [-0.3, -0.25) is 5.32 Å². The fourth-order valence-electron chi connectivity index (χ4n) is 1.70. The fraction of sp³-hybridized carbons (Fsp3) is 0.385. The van der Waals surface area contributed by atoms with E-state index in [-0.39, 0.29) is 0 Å². The minimum absolute atomic E-state index is 0.408. The van der Waals surface area contributed by atoms with Gasteiger partial charge in [0.2, 0.25) is 5.82 Å². The zero-order valence-electron chi connectivity index (χ0n) is 12.2. The molecule has 0 bridgehead atoms. The van der Waals surface area contributed by atoms with Crippen LogP contribution in [0.2, 0.25) is 5.02 Å². The average Bonchev–Trinajstić information content (AvgIpc) is 2.83. The number of nitrogens with zero attached hydrogens (tertiary/aromatic N) is 3. The van der Waals surface area contributed by atoms with Gasteiger partial charge in [0.15, 0.2) is 0 Å². The van der Waals surface area contributed by atoms with Crippen molar-refractivity contribution in [3.05, 3.63) is 22.7 Å². The molecule has 1 aromatic carbocycles. The van der Waals surface area contributed by atoms with Gasteiger partial charge in [-0.05, 0) is 50.6 Å². The number of anilines is 1. The lowest BCUT2D eigenvalue weighted by Crippen LogP contribution is -2.27. The Bertz CT molecular complexity index is 649. The predicted molar refractivity (Wildman–Crippen MR) is 79.2 cm³/mol. The second-order valence-corrected chi connectivity index (χ2v) is 5.92. The molecule has 1 aromatic heterocycles. The molecule has 8 heteroatoms. The summed E-state index contributed by atoms with van der Waals surface area (Å²) >= 11 is 6.14. The third-order valence-electron chi connectivity index (χ3n) is 2.54. The lowest BCUT2D eigenvalue weighted by molar-refractivity contribution is 0.0636. The number of halogens is 1. The molecule has 0 aliphatic carbocycles. The normalized spacial score (nSPS) is 11.3. The highest BCUT2D eigenvalue weighted by molar-refractivity contribution is 6.33. The number of carbonyl (C=O) groups excluding carboxylic acids is 1. The van der Waals surface area contributed by atoms with E-state index in [9.17, 15) is 4.79 Å². The van der Waals surface area contributed by atoms with Crippen molar-refractivity contribution >= 4 is 23.4 Å². The van der Waals surface area contributed by atoms with Crippen LogP contribution in [0.1, 0.15) is 26.3 Å². The van der Waals surface area contributed by atoms with Gasteiger partial charge in [-0.2, -0.15) is 5.21 Å². The Balaban J connectivity index is 2.28. The molecule has 0 atom stereocenters. The number of benzene rings is 1. The number of carbonyl (C=O) groups is 1. The molecule has 0 unspecified atom stereocenters. The zero-order valence-corrected chi connectivity index (χ0v) is 12.9. The molecule has 1 heterocycles. The van der Waals surface area contributed by atoms with E-state index in [1.54, 1.807) is 32.9 Å². The summed E-state index contributed by atoms with van der Waals surface area (Å²) in [5.41, 5.74) is 1.43. The standard InChI is InChI=1S/C13H16ClN5O2/c1-7-5-9(14)10(15-12(20)21-13(2,3)4)6-8(7)11-16-18-19-17-11/h5-6H,1-4H3,(H,15,20)(H,16,17,18,19). The maximum Gasteiger partial charge on any atom is 0.412 e. The number of hydrogen-bond donors (Lipinski definition) is 2. The smallest absolute Gasteiger partial charge is 0.412 e. The monoisotopic (exact) mass is 309 g/mol. The highest BCUT2D eigenvalue weighted by atomic mass is 35.5. The summed E-state index contributed by atoms with van der Waals surface area (Å²) in [4.78, 5) is 11.8. The van der Waals surface area contributed by atoms with Crippen molar-refractivity contribution in [1.82, 2.24) is 20.6 Å². The van der Waals surface area contributed by atoms with Gasteiger partial charge >= 0.3 is 6.09 Å². The van der Waals surface area contributed by atoms with Crippen LogP contribution in [0.5, 0.6) is 0 Å². The average molecular weight is 310 g/mol. The van der Waals surface area contributed by atoms with Crippen molar-refractivity contribution < 1.29 is 9.53 Å². The maximum absolute atomic E-state index is 11.8. The van der Waals surface area contributed by atoms with Gasteiger partial charge in [0.1, 0.15) is 5.60 Å². The summed E-state index contributed by atoms with van der Waals surface area (Å²) in [5.74, 6) is 0.427. The number of tetrazole rings is 1. The number of hydrogen-bond acceptors (Lipinski definition) is 5. The molecular weight excluding hydrogens is 294 g/mol. The van der Waals surface area contributed by atoms with Crippen LogP contribution >= 0.6 is 11.6 Å². The molecule has 1 amide bonds. The molecule has 0 fully saturated rings. The lowest BCUT2D eigenvalue weighted by Gasteiger charge is -2.20. The van der Waals surface area contributed by atoms with E-state index in [4.69, 9.17) is 16.3 Å². The number of amides is 1. The molecule has 0 aliphatic rings. The Morgan fingerprint density at radius 2 is 2.10 bits per heavy atom.